The molecule has 1 fully saturated rings. The first-order chi connectivity index (χ1) is 20.8. The summed E-state index contributed by atoms with van der Waals surface area (Å²) in [5.74, 6) is -0.975. The maximum absolute atomic E-state index is 14.9. The number of fused-ring (bicyclic) bond motifs is 2. The van der Waals surface area contributed by atoms with Crippen molar-refractivity contribution >= 4 is 46.4 Å². The molecule has 5 aromatic rings. The van der Waals surface area contributed by atoms with Gasteiger partial charge in [-0.25, -0.2) is 8.78 Å². The Balaban J connectivity index is 0.000000327. The first kappa shape index (κ1) is 30.8. The van der Waals surface area contributed by atoms with Crippen molar-refractivity contribution < 1.29 is 18.4 Å². The molecule has 43 heavy (non-hydrogen) atoms. The molecule has 0 aliphatic carbocycles. The van der Waals surface area contributed by atoms with Crippen LogP contribution in [-0.2, 0) is 16.1 Å². The first-order valence-electron chi connectivity index (χ1n) is 13.5. The topological polar surface area (TPSA) is 133 Å². The predicted octanol–water partition coefficient (Wildman–Crippen LogP) is 5.15. The number of hydrogen-bond acceptors (Lipinski definition) is 6. The van der Waals surface area contributed by atoms with Crippen molar-refractivity contribution in [2.45, 2.75) is 19.5 Å². The molecule has 0 bridgehead atoms. The van der Waals surface area contributed by atoms with E-state index < -0.39 is 11.6 Å². The summed E-state index contributed by atoms with van der Waals surface area (Å²) in [4.78, 5) is 22.9. The fourth-order valence-electron chi connectivity index (χ4n) is 4.94. The van der Waals surface area contributed by atoms with Crippen molar-refractivity contribution in [2.24, 2.45) is 0 Å². The summed E-state index contributed by atoms with van der Waals surface area (Å²) in [7, 11) is 1.91. The van der Waals surface area contributed by atoms with Crippen LogP contribution in [-0.4, -0.2) is 64.8 Å². The van der Waals surface area contributed by atoms with E-state index in [1.54, 1.807) is 52.2 Å². The lowest BCUT2D eigenvalue weighted by Crippen LogP contribution is -2.56. The van der Waals surface area contributed by atoms with Gasteiger partial charge in [0, 0.05) is 70.1 Å². The van der Waals surface area contributed by atoms with Crippen LogP contribution >= 0.6 is 0 Å². The molecule has 222 valence electrons. The second-order valence-electron chi connectivity index (χ2n) is 9.87. The predicted molar refractivity (Wildman–Crippen MR) is 167 cm³/mol. The fourth-order valence-corrected chi connectivity index (χ4v) is 4.94. The maximum atomic E-state index is 14.9. The smallest absolute Gasteiger partial charge is 0.209 e. The molecule has 11 heteroatoms. The van der Waals surface area contributed by atoms with Crippen LogP contribution in [0.3, 0.4) is 0 Å². The standard InChI is InChI=1S/C24H17F2N5O.C5H10N2O.C3H6/c25-18-5-2-15-11-29-30-24(15)21(18)13-3-6-20-16(9-13)17(12-31(20)7-8-32)22-19(26)4-1-14(10-27)23(22)28;1-6-5-2-7(3-5)4-8;1-3-2/h1-6,8-12,27H,7,28H2,(H,29,30);4-6H,2-3H2,1H3;3H,1H2,2H3. The third kappa shape index (κ3) is 6.21. The third-order valence-electron chi connectivity index (χ3n) is 7.13. The van der Waals surface area contributed by atoms with Gasteiger partial charge in [-0.2, -0.15) is 5.10 Å². The van der Waals surface area contributed by atoms with E-state index in [2.05, 4.69) is 22.1 Å². The van der Waals surface area contributed by atoms with Crippen LogP contribution in [0.25, 0.3) is 44.1 Å². The van der Waals surface area contributed by atoms with E-state index in [0.717, 1.165) is 37.4 Å². The number of benzene rings is 3. The van der Waals surface area contributed by atoms with Crippen LogP contribution in [0, 0.1) is 17.0 Å². The van der Waals surface area contributed by atoms with Gasteiger partial charge < -0.3 is 30.7 Å². The molecule has 5 N–H and O–H groups in total. The number of rotatable bonds is 7. The summed E-state index contributed by atoms with van der Waals surface area (Å²) in [6, 6.07) is 11.5. The van der Waals surface area contributed by atoms with Gasteiger partial charge >= 0.3 is 0 Å². The SMILES string of the molecule is C=CC.CNC1CN(C=O)C1.N=Cc1ccc(F)c(-c2cn(CC=O)c3ccc(-c4c(F)ccc5cn[nH]c45)cc23)c1N. The number of amides is 1. The Morgan fingerprint density at radius 2 is 1.84 bits per heavy atom. The van der Waals surface area contributed by atoms with Crippen LogP contribution in [0.2, 0.25) is 0 Å². The number of hydrogen-bond donors (Lipinski definition) is 4. The van der Waals surface area contributed by atoms with Gasteiger partial charge in [0.25, 0.3) is 0 Å². The zero-order valence-electron chi connectivity index (χ0n) is 23.9. The Labute approximate surface area is 247 Å². The fraction of sp³-hybridized carbons (Fsp3) is 0.188. The number of aromatic nitrogens is 3. The summed E-state index contributed by atoms with van der Waals surface area (Å²) >= 11 is 0. The molecule has 1 saturated heterocycles. The first-order valence-corrected chi connectivity index (χ1v) is 13.5. The van der Waals surface area contributed by atoms with Crippen molar-refractivity contribution in [2.75, 3.05) is 25.9 Å². The third-order valence-corrected chi connectivity index (χ3v) is 7.13. The zero-order valence-corrected chi connectivity index (χ0v) is 23.9. The molecule has 1 aliphatic rings. The monoisotopic (exact) mass is 585 g/mol. The Kier molecular flexibility index (Phi) is 9.79. The minimum absolute atomic E-state index is 0.0616. The van der Waals surface area contributed by atoms with E-state index >= 15 is 0 Å². The Morgan fingerprint density at radius 3 is 2.49 bits per heavy atom. The number of H-pyrrole nitrogens is 1. The number of nitrogens with two attached hydrogens (primary N) is 1. The quantitative estimate of drug-likeness (QED) is 0.0908. The van der Waals surface area contributed by atoms with Crippen LogP contribution < -0.4 is 11.1 Å². The van der Waals surface area contributed by atoms with Gasteiger partial charge in [0.05, 0.1) is 23.9 Å². The second kappa shape index (κ2) is 13.7. The number of nitrogens with one attached hydrogen (secondary N) is 3. The summed E-state index contributed by atoms with van der Waals surface area (Å²) < 4.78 is 31.5. The molecule has 0 atom stereocenters. The van der Waals surface area contributed by atoms with E-state index in [1.165, 1.54) is 18.2 Å². The summed E-state index contributed by atoms with van der Waals surface area (Å²) in [6.07, 6.45) is 7.70. The largest absolute Gasteiger partial charge is 0.398 e. The highest BCUT2D eigenvalue weighted by Gasteiger charge is 2.23. The van der Waals surface area contributed by atoms with Crippen LogP contribution in [0.5, 0.6) is 0 Å². The van der Waals surface area contributed by atoms with Crippen molar-refractivity contribution in [3.63, 3.8) is 0 Å². The number of likely N-dealkylation sites (tertiary alicyclic amines) is 1. The van der Waals surface area contributed by atoms with Gasteiger partial charge in [0.2, 0.25) is 6.41 Å². The number of anilines is 1. The molecule has 0 spiro atoms. The molecule has 0 radical (unpaired) electrons. The van der Waals surface area contributed by atoms with E-state index in [1.807, 2.05) is 14.0 Å². The Morgan fingerprint density at radius 1 is 1.14 bits per heavy atom. The number of likely N-dealkylation sites (N-methyl/N-ethyl adjacent to an activating group) is 1. The number of nitrogen functional groups attached to an aromatic ring is 1. The molecule has 2 aromatic heterocycles. The van der Waals surface area contributed by atoms with Gasteiger partial charge in [-0.1, -0.05) is 12.1 Å². The maximum Gasteiger partial charge on any atom is 0.209 e. The number of allylic oxidation sites excluding steroid dienone is 1. The molecule has 1 amide bonds. The van der Waals surface area contributed by atoms with Crippen molar-refractivity contribution in [1.29, 1.82) is 5.41 Å². The van der Waals surface area contributed by atoms with Crippen molar-refractivity contribution in [3.05, 3.63) is 84.7 Å². The molecule has 1 aliphatic heterocycles. The number of aromatic amines is 1. The van der Waals surface area contributed by atoms with Gasteiger partial charge in [0.1, 0.15) is 17.9 Å². The van der Waals surface area contributed by atoms with Crippen LogP contribution in [0.15, 0.2) is 67.5 Å². The van der Waals surface area contributed by atoms with E-state index in [9.17, 15) is 18.4 Å². The van der Waals surface area contributed by atoms with Crippen molar-refractivity contribution in [3.8, 4) is 22.3 Å². The average molecular weight is 586 g/mol. The van der Waals surface area contributed by atoms with Crippen molar-refractivity contribution in [1.82, 2.24) is 25.0 Å². The van der Waals surface area contributed by atoms with Gasteiger partial charge in [-0.15, -0.1) is 6.58 Å². The number of carbonyl (C=O) groups is 2. The molecule has 0 unspecified atom stereocenters. The van der Waals surface area contributed by atoms with Gasteiger partial charge in [0.15, 0.2) is 0 Å². The number of nitrogens with zero attached hydrogens (tertiary/aromatic N) is 3. The molecule has 3 aromatic carbocycles. The summed E-state index contributed by atoms with van der Waals surface area (Å²) in [6.45, 7) is 7.06. The highest BCUT2D eigenvalue weighted by molar-refractivity contribution is 6.05. The molecular formula is C32H33F2N7O2. The number of halogens is 2. The average Bonchev–Trinajstić information content (AvgIpc) is 3.59. The molecule has 0 saturated carbocycles. The highest BCUT2D eigenvalue weighted by atomic mass is 19.1. The van der Waals surface area contributed by atoms with E-state index in [-0.39, 0.29) is 17.8 Å². The minimum atomic E-state index is -0.550. The lowest BCUT2D eigenvalue weighted by atomic mass is 9.96. The molecule has 9 nitrogen and oxygen atoms in total. The van der Waals surface area contributed by atoms with E-state index in [4.69, 9.17) is 11.1 Å². The molecular weight excluding hydrogens is 552 g/mol. The number of aldehydes is 1. The van der Waals surface area contributed by atoms with Gasteiger partial charge in [-0.05, 0) is 55.9 Å². The number of carbonyl (C=O) groups excluding carboxylic acids is 2. The zero-order chi connectivity index (χ0) is 31.1. The molecule has 3 heterocycles. The minimum Gasteiger partial charge on any atom is -0.398 e. The second-order valence-corrected chi connectivity index (χ2v) is 9.87. The van der Waals surface area contributed by atoms with Gasteiger partial charge in [-0.3, -0.25) is 9.89 Å². The summed E-state index contributed by atoms with van der Waals surface area (Å²) in [5.41, 5.74) is 9.42. The summed E-state index contributed by atoms with van der Waals surface area (Å²) in [5, 5.41) is 18.8. The Bertz CT molecular complexity index is 1790. The van der Waals surface area contributed by atoms with E-state index in [0.29, 0.717) is 44.7 Å². The highest BCUT2D eigenvalue weighted by Crippen LogP contribution is 2.40. The lowest BCUT2D eigenvalue weighted by Gasteiger charge is -2.35. The normalized spacial score (nSPS) is 12.5. The molecule has 6 rings (SSSR count). The lowest BCUT2D eigenvalue weighted by molar-refractivity contribution is -0.122. The van der Waals surface area contributed by atoms with Crippen LogP contribution in [0.1, 0.15) is 12.5 Å². The Hall–Kier alpha value is -5.16. The van der Waals surface area contributed by atoms with Crippen LogP contribution in [0.4, 0.5) is 14.5 Å².